The van der Waals surface area contributed by atoms with Crippen molar-refractivity contribution in [2.24, 2.45) is 0 Å². The molecule has 0 heterocycles. The van der Waals surface area contributed by atoms with Gasteiger partial charge in [-0.2, -0.15) is 0 Å². The molecule has 0 aliphatic heterocycles. The number of phosphoric acid groups is 1. The van der Waals surface area contributed by atoms with E-state index >= 15 is 0 Å². The summed E-state index contributed by atoms with van der Waals surface area (Å²) in [6.07, 6.45) is 53.2. The summed E-state index contributed by atoms with van der Waals surface area (Å²) >= 11 is 0. The van der Waals surface area contributed by atoms with Gasteiger partial charge < -0.3 is 24.2 Å². The van der Waals surface area contributed by atoms with Crippen LogP contribution in [0.2, 0.25) is 0 Å². The van der Waals surface area contributed by atoms with Crippen molar-refractivity contribution in [1.82, 2.24) is 0 Å². The van der Waals surface area contributed by atoms with Crippen LogP contribution in [0.1, 0.15) is 239 Å². The van der Waals surface area contributed by atoms with E-state index in [1.807, 2.05) is 0 Å². The van der Waals surface area contributed by atoms with Crippen molar-refractivity contribution in [3.8, 4) is 0 Å². The van der Waals surface area contributed by atoms with E-state index in [4.69, 9.17) is 23.3 Å². The first kappa shape index (κ1) is 65.2. The highest BCUT2D eigenvalue weighted by Gasteiger charge is 2.28. The van der Waals surface area contributed by atoms with Gasteiger partial charge in [-0.1, -0.05) is 204 Å². The molecule has 0 aromatic heterocycles. The van der Waals surface area contributed by atoms with Gasteiger partial charge in [-0.25, -0.2) is 4.57 Å². The van der Waals surface area contributed by atoms with Crippen molar-refractivity contribution in [3.05, 3.63) is 60.8 Å². The van der Waals surface area contributed by atoms with E-state index in [1.54, 1.807) is 0 Å². The van der Waals surface area contributed by atoms with Crippen LogP contribution in [0.5, 0.6) is 0 Å². The third-order valence-electron chi connectivity index (χ3n) is 11.4. The average Bonchev–Trinajstić information content (AvgIpc) is 3.32. The molecule has 0 aliphatic rings. The lowest BCUT2D eigenvalue weighted by atomic mass is 10.1. The molecular weight excluding hydrogens is 880 g/mol. The zero-order chi connectivity index (χ0) is 49.9. The Morgan fingerprint density at radius 2 is 0.794 bits per heavy atom. The van der Waals surface area contributed by atoms with Gasteiger partial charge in [0.2, 0.25) is 0 Å². The van der Waals surface area contributed by atoms with Crippen LogP contribution in [0.15, 0.2) is 60.8 Å². The van der Waals surface area contributed by atoms with Gasteiger partial charge in [-0.05, 0) is 77.0 Å². The van der Waals surface area contributed by atoms with E-state index in [1.165, 1.54) is 57.8 Å². The Labute approximate surface area is 415 Å². The molecule has 0 saturated carbocycles. The van der Waals surface area contributed by atoms with E-state index in [0.717, 1.165) is 122 Å². The second-order valence-electron chi connectivity index (χ2n) is 18.0. The number of aliphatic hydroxyl groups is 1. The van der Waals surface area contributed by atoms with E-state index in [2.05, 4.69) is 81.5 Å². The first-order valence-corrected chi connectivity index (χ1v) is 28.7. The van der Waals surface area contributed by atoms with Crippen molar-refractivity contribution in [3.63, 3.8) is 0 Å². The highest BCUT2D eigenvalue weighted by Crippen LogP contribution is 2.43. The molecule has 11 nitrogen and oxygen atoms in total. The number of ether oxygens (including phenoxy) is 3. The van der Waals surface area contributed by atoms with Gasteiger partial charge >= 0.3 is 25.7 Å². The molecule has 0 amide bonds. The van der Waals surface area contributed by atoms with Crippen LogP contribution in [0.4, 0.5) is 0 Å². The maximum atomic E-state index is 12.9. The van der Waals surface area contributed by atoms with Crippen molar-refractivity contribution in [2.75, 3.05) is 26.4 Å². The molecule has 3 atom stereocenters. The van der Waals surface area contributed by atoms with Crippen LogP contribution >= 0.6 is 7.82 Å². The number of carbonyl (C=O) groups is 3. The summed E-state index contributed by atoms with van der Waals surface area (Å²) < 4.78 is 39.4. The Balaban J connectivity index is 4.73. The Kier molecular flexibility index (Phi) is 48.5. The first-order valence-electron chi connectivity index (χ1n) is 27.2. The lowest BCUT2D eigenvalue weighted by molar-refractivity contribution is -0.161. The van der Waals surface area contributed by atoms with Gasteiger partial charge in [0.1, 0.15) is 12.7 Å². The van der Waals surface area contributed by atoms with Crippen LogP contribution in [0, 0.1) is 0 Å². The monoisotopic (exact) mass is 979 g/mol. The Hall–Kier alpha value is -2.82. The summed E-state index contributed by atoms with van der Waals surface area (Å²) in [7, 11) is -4.75. The fraction of sp³-hybridized carbons (Fsp3) is 0.768. The van der Waals surface area contributed by atoms with E-state index in [0.29, 0.717) is 19.3 Å². The van der Waals surface area contributed by atoms with E-state index in [9.17, 15) is 28.9 Å². The number of hydrogen-bond acceptors (Lipinski definition) is 10. The third-order valence-corrected chi connectivity index (χ3v) is 12.4. The van der Waals surface area contributed by atoms with Crippen molar-refractivity contribution in [1.29, 1.82) is 0 Å². The van der Waals surface area contributed by atoms with Crippen molar-refractivity contribution >= 4 is 25.7 Å². The molecule has 0 fully saturated rings. The lowest BCUT2D eigenvalue weighted by Crippen LogP contribution is -2.30. The first-order chi connectivity index (χ1) is 33.2. The van der Waals surface area contributed by atoms with E-state index < -0.39 is 57.8 Å². The molecule has 394 valence electrons. The molecule has 0 saturated heterocycles. The number of aliphatic hydroxyl groups excluding tert-OH is 1. The summed E-state index contributed by atoms with van der Waals surface area (Å²) in [4.78, 5) is 48.4. The number of carbonyl (C=O) groups excluding carboxylic acids is 3. The minimum absolute atomic E-state index is 0.156. The van der Waals surface area contributed by atoms with Gasteiger partial charge in [-0.3, -0.25) is 23.4 Å². The number of allylic oxidation sites excluding steroid dienone is 10. The Bertz CT molecular complexity index is 1370. The molecule has 12 heteroatoms. The molecule has 0 radical (unpaired) electrons. The van der Waals surface area contributed by atoms with Crippen molar-refractivity contribution in [2.45, 2.75) is 251 Å². The zero-order valence-corrected chi connectivity index (χ0v) is 44.2. The summed E-state index contributed by atoms with van der Waals surface area (Å²) in [5.74, 6) is -1.48. The fourth-order valence-electron chi connectivity index (χ4n) is 7.29. The molecule has 0 bridgehead atoms. The number of hydrogen-bond donors (Lipinski definition) is 2. The van der Waals surface area contributed by atoms with Crippen molar-refractivity contribution < 1.29 is 52.2 Å². The zero-order valence-electron chi connectivity index (χ0n) is 43.3. The number of esters is 3. The fourth-order valence-corrected chi connectivity index (χ4v) is 8.07. The SMILES string of the molecule is CC/C=C\C/C=C\C/C=C\CCCCCCCCCC(=O)OC(COC(=O)CCCCCCCCCCCCC)COP(=O)(O)OCC(CO)OC(=O)CCCCCCC/C=C\C/C=C\CCC. The standard InChI is InChI=1S/C56H99O11P/c1-4-7-10-13-16-19-22-24-25-26-27-29-32-35-38-41-44-47-56(60)67-53(49-63-54(58)45-42-39-36-33-30-21-18-15-12-9-6-3)51-65-68(61,62)64-50-52(48-57)66-55(59)46-43-40-37-34-31-28-23-20-17-14-11-8-5-2/h7,10-11,14,16,19-20,23-25,52-53,57H,4-6,8-9,12-13,15,17-18,21-22,26-51H2,1-3H3,(H,61,62)/b10-7-,14-11-,19-16-,23-20-,25-24-. The molecule has 68 heavy (non-hydrogen) atoms. The van der Waals surface area contributed by atoms with Gasteiger partial charge in [0.15, 0.2) is 6.10 Å². The van der Waals surface area contributed by atoms with Crippen LogP contribution in [0.25, 0.3) is 0 Å². The highest BCUT2D eigenvalue weighted by atomic mass is 31.2. The lowest BCUT2D eigenvalue weighted by Gasteiger charge is -2.21. The maximum absolute atomic E-state index is 12.9. The predicted molar refractivity (Wildman–Crippen MR) is 279 cm³/mol. The molecule has 0 aromatic rings. The van der Waals surface area contributed by atoms with E-state index in [-0.39, 0.29) is 25.9 Å². The molecule has 2 N–H and O–H groups in total. The summed E-state index contributed by atoms with van der Waals surface area (Å²) in [6, 6.07) is 0. The molecule has 3 unspecified atom stereocenters. The third kappa shape index (κ3) is 48.2. The maximum Gasteiger partial charge on any atom is 0.472 e. The smallest absolute Gasteiger partial charge is 0.462 e. The van der Waals surface area contributed by atoms with Crippen LogP contribution in [0.3, 0.4) is 0 Å². The summed E-state index contributed by atoms with van der Waals surface area (Å²) in [6.45, 7) is 4.44. The normalized spacial score (nSPS) is 13.9. The minimum atomic E-state index is -4.75. The van der Waals surface area contributed by atoms with Gasteiger partial charge in [0, 0.05) is 19.3 Å². The average molecular weight is 979 g/mol. The second-order valence-corrected chi connectivity index (χ2v) is 19.5. The Morgan fingerprint density at radius 3 is 1.24 bits per heavy atom. The van der Waals surface area contributed by atoms with Gasteiger partial charge in [-0.15, -0.1) is 0 Å². The number of unbranched alkanes of at least 4 members (excludes halogenated alkanes) is 23. The highest BCUT2D eigenvalue weighted by molar-refractivity contribution is 7.47. The molecule has 0 spiro atoms. The number of rotatable bonds is 50. The second kappa shape index (κ2) is 50.6. The quantitative estimate of drug-likeness (QED) is 0.0197. The molecular formula is C56H99O11P. The van der Waals surface area contributed by atoms with Crippen LogP contribution < -0.4 is 0 Å². The molecule has 0 rings (SSSR count). The topological polar surface area (TPSA) is 155 Å². The molecule has 0 aromatic carbocycles. The van der Waals surface area contributed by atoms with Gasteiger partial charge in [0.05, 0.1) is 19.8 Å². The summed E-state index contributed by atoms with van der Waals surface area (Å²) in [5.41, 5.74) is 0. The van der Waals surface area contributed by atoms with Gasteiger partial charge in [0.25, 0.3) is 0 Å². The number of phosphoric ester groups is 1. The molecule has 0 aliphatic carbocycles. The Morgan fingerprint density at radius 1 is 0.426 bits per heavy atom. The largest absolute Gasteiger partial charge is 0.472 e. The van der Waals surface area contributed by atoms with Crippen LogP contribution in [-0.4, -0.2) is 66.5 Å². The minimum Gasteiger partial charge on any atom is -0.462 e. The van der Waals surface area contributed by atoms with Crippen LogP contribution in [-0.2, 0) is 42.2 Å². The summed E-state index contributed by atoms with van der Waals surface area (Å²) in [5, 5.41) is 9.78. The predicted octanol–water partition coefficient (Wildman–Crippen LogP) is 15.6.